The number of amides is 1. The van der Waals surface area contributed by atoms with Gasteiger partial charge >= 0.3 is 0 Å². The smallest absolute Gasteiger partial charge is 0.238 e. The molecule has 0 fully saturated rings. The van der Waals surface area contributed by atoms with Crippen molar-refractivity contribution in [1.29, 1.82) is 0 Å². The Hall–Kier alpha value is -1.22. The minimum atomic E-state index is 0.0804. The van der Waals surface area contributed by atoms with Crippen molar-refractivity contribution in [2.45, 2.75) is 32.1 Å². The molecule has 0 radical (unpaired) electrons. The van der Waals surface area contributed by atoms with E-state index < -0.39 is 0 Å². The molecule has 0 bridgehead atoms. The Labute approximate surface area is 113 Å². The summed E-state index contributed by atoms with van der Waals surface area (Å²) in [4.78, 5) is 11.8. The van der Waals surface area contributed by atoms with E-state index in [4.69, 9.17) is 11.6 Å². The van der Waals surface area contributed by atoms with Crippen LogP contribution in [0.15, 0.2) is 24.3 Å². The lowest BCUT2D eigenvalue weighted by Crippen LogP contribution is -2.45. The fourth-order valence-electron chi connectivity index (χ4n) is 2.24. The first-order valence-electron chi connectivity index (χ1n) is 6.52. The molecule has 0 spiro atoms. The lowest BCUT2D eigenvalue weighted by molar-refractivity contribution is -0.121. The first kappa shape index (κ1) is 13.2. The molecule has 1 amide bonds. The lowest BCUT2D eigenvalue weighted by atomic mass is 10.0. The Bertz CT molecular complexity index is 409. The number of hydrogen-bond acceptors (Lipinski definition) is 2. The molecule has 18 heavy (non-hydrogen) atoms. The molecule has 1 aromatic rings. The maximum atomic E-state index is 11.8. The number of carbonyl (C=O) groups excluding carboxylic acids is 1. The summed E-state index contributed by atoms with van der Waals surface area (Å²) < 4.78 is 0. The number of anilines is 1. The number of aryl methyl sites for hydroxylation is 1. The predicted molar refractivity (Wildman–Crippen MR) is 74.8 cm³/mol. The van der Waals surface area contributed by atoms with Gasteiger partial charge in [0.15, 0.2) is 0 Å². The molecule has 0 aromatic heterocycles. The molecule has 1 N–H and O–H groups in total. The number of halogens is 1. The van der Waals surface area contributed by atoms with Crippen LogP contribution in [-0.2, 0) is 11.2 Å². The number of benzene rings is 1. The molecule has 0 atom stereocenters. The van der Waals surface area contributed by atoms with Crippen molar-refractivity contribution in [2.75, 3.05) is 17.4 Å². The van der Waals surface area contributed by atoms with E-state index in [1.54, 1.807) is 0 Å². The predicted octanol–water partition coefficient (Wildman–Crippen LogP) is 2.88. The normalized spacial score (nSPS) is 14.2. The van der Waals surface area contributed by atoms with Gasteiger partial charge in [-0.3, -0.25) is 15.2 Å². The molecule has 0 saturated carbocycles. The molecule has 0 unspecified atom stereocenters. The van der Waals surface area contributed by atoms with Crippen LogP contribution in [0.3, 0.4) is 0 Å². The van der Waals surface area contributed by atoms with Crippen LogP contribution in [0.25, 0.3) is 0 Å². The zero-order valence-electron chi connectivity index (χ0n) is 10.5. The molecule has 98 valence electrons. The Kier molecular flexibility index (Phi) is 4.88. The third kappa shape index (κ3) is 3.39. The van der Waals surface area contributed by atoms with Gasteiger partial charge in [0.25, 0.3) is 0 Å². The minimum Gasteiger partial charge on any atom is -0.285 e. The van der Waals surface area contributed by atoms with Crippen LogP contribution in [-0.4, -0.2) is 18.3 Å². The summed E-state index contributed by atoms with van der Waals surface area (Å²) in [6.07, 6.45) is 4.47. The second kappa shape index (κ2) is 6.64. The lowest BCUT2D eigenvalue weighted by Gasteiger charge is -2.31. The van der Waals surface area contributed by atoms with Crippen LogP contribution in [0.4, 0.5) is 5.69 Å². The van der Waals surface area contributed by atoms with Crippen LogP contribution in [0.1, 0.15) is 31.2 Å². The molecule has 1 aromatic carbocycles. The van der Waals surface area contributed by atoms with Crippen molar-refractivity contribution in [3.05, 3.63) is 29.8 Å². The average Bonchev–Trinajstić information content (AvgIpc) is 2.39. The molecule has 1 aliphatic rings. The molecule has 0 saturated heterocycles. The molecule has 1 heterocycles. The highest BCUT2D eigenvalue weighted by Crippen LogP contribution is 2.24. The van der Waals surface area contributed by atoms with Crippen molar-refractivity contribution in [1.82, 2.24) is 5.43 Å². The van der Waals surface area contributed by atoms with Gasteiger partial charge in [0.05, 0.1) is 5.69 Å². The van der Waals surface area contributed by atoms with Crippen molar-refractivity contribution in [3.8, 4) is 0 Å². The summed E-state index contributed by atoms with van der Waals surface area (Å²) in [6, 6.07) is 8.25. The van der Waals surface area contributed by atoms with Gasteiger partial charge in [-0.1, -0.05) is 18.2 Å². The molecular formula is C14H19ClN2O. The summed E-state index contributed by atoms with van der Waals surface area (Å²) >= 11 is 5.60. The monoisotopic (exact) mass is 266 g/mol. The first-order chi connectivity index (χ1) is 8.81. The van der Waals surface area contributed by atoms with Gasteiger partial charge in [-0.05, 0) is 37.3 Å². The molecular weight excluding hydrogens is 248 g/mol. The van der Waals surface area contributed by atoms with Crippen LogP contribution in [0, 0.1) is 0 Å². The number of carbonyl (C=O) groups is 1. The zero-order valence-corrected chi connectivity index (χ0v) is 11.2. The van der Waals surface area contributed by atoms with E-state index in [0.29, 0.717) is 12.3 Å². The van der Waals surface area contributed by atoms with Gasteiger partial charge in [-0.15, -0.1) is 11.6 Å². The summed E-state index contributed by atoms with van der Waals surface area (Å²) in [6.45, 7) is 0.887. The topological polar surface area (TPSA) is 32.3 Å². The Balaban J connectivity index is 1.92. The van der Waals surface area contributed by atoms with E-state index in [9.17, 15) is 4.79 Å². The molecule has 2 rings (SSSR count). The molecule has 0 aliphatic carbocycles. The molecule has 4 heteroatoms. The Morgan fingerprint density at radius 3 is 3.00 bits per heavy atom. The second-order valence-corrected chi connectivity index (χ2v) is 4.94. The quantitative estimate of drug-likeness (QED) is 0.657. The number of unbranched alkanes of at least 4 members (excludes halogenated alkanes) is 1. The highest BCUT2D eigenvalue weighted by Gasteiger charge is 2.17. The summed E-state index contributed by atoms with van der Waals surface area (Å²) in [7, 11) is 0. The van der Waals surface area contributed by atoms with Gasteiger partial charge in [0, 0.05) is 18.8 Å². The van der Waals surface area contributed by atoms with E-state index >= 15 is 0 Å². The third-order valence-corrected chi connectivity index (χ3v) is 3.42. The summed E-state index contributed by atoms with van der Waals surface area (Å²) in [5, 5.41) is 1.97. The van der Waals surface area contributed by atoms with Crippen molar-refractivity contribution in [2.24, 2.45) is 0 Å². The number of nitrogens with one attached hydrogen (secondary N) is 1. The minimum absolute atomic E-state index is 0.0804. The highest BCUT2D eigenvalue weighted by molar-refractivity contribution is 6.17. The number of hydrogen-bond donors (Lipinski definition) is 1. The van der Waals surface area contributed by atoms with Crippen molar-refractivity contribution >= 4 is 23.2 Å². The van der Waals surface area contributed by atoms with Crippen LogP contribution in [0.5, 0.6) is 0 Å². The summed E-state index contributed by atoms with van der Waals surface area (Å²) in [5.74, 6) is 0.705. The maximum absolute atomic E-state index is 11.8. The SMILES string of the molecule is O=C(CCCCCl)NN1CCCc2ccccc21. The van der Waals surface area contributed by atoms with E-state index in [0.717, 1.165) is 37.9 Å². The first-order valence-corrected chi connectivity index (χ1v) is 7.05. The van der Waals surface area contributed by atoms with Gasteiger partial charge in [-0.2, -0.15) is 0 Å². The van der Waals surface area contributed by atoms with Gasteiger partial charge in [-0.25, -0.2) is 0 Å². The fourth-order valence-corrected chi connectivity index (χ4v) is 2.43. The maximum Gasteiger partial charge on any atom is 0.238 e. The average molecular weight is 267 g/mol. The van der Waals surface area contributed by atoms with E-state index in [-0.39, 0.29) is 5.91 Å². The number of hydrazine groups is 1. The summed E-state index contributed by atoms with van der Waals surface area (Å²) in [5.41, 5.74) is 5.43. The van der Waals surface area contributed by atoms with Gasteiger partial charge in [0.1, 0.15) is 0 Å². The number of alkyl halides is 1. The van der Waals surface area contributed by atoms with Gasteiger partial charge < -0.3 is 0 Å². The van der Waals surface area contributed by atoms with Crippen LogP contribution < -0.4 is 10.4 Å². The Morgan fingerprint density at radius 2 is 2.17 bits per heavy atom. The third-order valence-electron chi connectivity index (χ3n) is 3.16. The standard InChI is InChI=1S/C14H19ClN2O/c15-10-4-3-9-14(18)16-17-11-5-7-12-6-1-2-8-13(12)17/h1-2,6,8H,3-5,7,9-11H2,(H,16,18). The second-order valence-electron chi connectivity index (χ2n) is 4.56. The zero-order chi connectivity index (χ0) is 12.8. The number of rotatable bonds is 5. The Morgan fingerprint density at radius 1 is 1.33 bits per heavy atom. The highest BCUT2D eigenvalue weighted by atomic mass is 35.5. The van der Waals surface area contributed by atoms with E-state index in [1.807, 2.05) is 17.1 Å². The molecule has 3 nitrogen and oxygen atoms in total. The van der Waals surface area contributed by atoms with E-state index in [1.165, 1.54) is 5.56 Å². The van der Waals surface area contributed by atoms with Gasteiger partial charge in [0.2, 0.25) is 5.91 Å². The fraction of sp³-hybridized carbons (Fsp3) is 0.500. The number of para-hydroxylation sites is 1. The van der Waals surface area contributed by atoms with E-state index in [2.05, 4.69) is 17.6 Å². The van der Waals surface area contributed by atoms with Crippen LogP contribution >= 0.6 is 11.6 Å². The van der Waals surface area contributed by atoms with Crippen molar-refractivity contribution < 1.29 is 4.79 Å². The van der Waals surface area contributed by atoms with Crippen molar-refractivity contribution in [3.63, 3.8) is 0 Å². The molecule has 1 aliphatic heterocycles. The largest absolute Gasteiger partial charge is 0.285 e. The van der Waals surface area contributed by atoms with Crippen LogP contribution in [0.2, 0.25) is 0 Å². The number of nitrogens with zero attached hydrogens (tertiary/aromatic N) is 1. The number of fused-ring (bicyclic) bond motifs is 1.